The second-order valence-electron chi connectivity index (χ2n) is 5.70. The van der Waals surface area contributed by atoms with Crippen LogP contribution in [0.4, 0.5) is 0 Å². The summed E-state index contributed by atoms with van der Waals surface area (Å²) >= 11 is 0. The predicted molar refractivity (Wildman–Crippen MR) is 68.7 cm³/mol. The molecular formula is C12H23NO4S. The molecule has 3 unspecified atom stereocenters. The monoisotopic (exact) mass is 277 g/mol. The van der Waals surface area contributed by atoms with Crippen molar-refractivity contribution < 1.29 is 18.3 Å². The van der Waals surface area contributed by atoms with Gasteiger partial charge in [0.05, 0.1) is 18.0 Å². The van der Waals surface area contributed by atoms with Crippen molar-refractivity contribution in [2.75, 3.05) is 26.0 Å². The lowest BCUT2D eigenvalue weighted by molar-refractivity contribution is -0.0471. The minimum atomic E-state index is -3.11. The van der Waals surface area contributed by atoms with Gasteiger partial charge in [0.1, 0.15) is 0 Å². The Hall–Kier alpha value is -0.170. The van der Waals surface area contributed by atoms with Gasteiger partial charge >= 0.3 is 0 Å². The fraction of sp³-hybridized carbons (Fsp3) is 1.00. The summed E-state index contributed by atoms with van der Waals surface area (Å²) in [5.41, 5.74) is -0.773. The largest absolute Gasteiger partial charge is 0.387 e. The van der Waals surface area contributed by atoms with Crippen LogP contribution in [0, 0.1) is 5.92 Å². The SMILES string of the molecule is CC1OCCC1(O)CC1CCCN(S(C)(=O)=O)C1. The highest BCUT2D eigenvalue weighted by atomic mass is 32.2. The molecule has 0 amide bonds. The second-order valence-corrected chi connectivity index (χ2v) is 7.68. The normalized spacial score (nSPS) is 39.1. The van der Waals surface area contributed by atoms with Crippen LogP contribution in [0.1, 0.15) is 32.6 Å². The standard InChI is InChI=1S/C12H23NO4S/c1-10-12(14,5-7-17-10)8-11-4-3-6-13(9-11)18(2,15)16/h10-11,14H,3-9H2,1-2H3. The van der Waals surface area contributed by atoms with E-state index >= 15 is 0 Å². The highest BCUT2D eigenvalue weighted by molar-refractivity contribution is 7.88. The second kappa shape index (κ2) is 5.07. The van der Waals surface area contributed by atoms with Gasteiger partial charge in [0.25, 0.3) is 0 Å². The number of aliphatic hydroxyl groups is 1. The number of sulfonamides is 1. The third kappa shape index (κ3) is 3.04. The Morgan fingerprint density at radius 3 is 2.78 bits per heavy atom. The van der Waals surface area contributed by atoms with Gasteiger partial charge in [0.2, 0.25) is 10.0 Å². The Labute approximate surface area is 109 Å². The molecular weight excluding hydrogens is 254 g/mol. The van der Waals surface area contributed by atoms with Gasteiger partial charge in [-0.25, -0.2) is 12.7 Å². The number of hydrogen-bond donors (Lipinski definition) is 1. The van der Waals surface area contributed by atoms with Gasteiger partial charge in [0.15, 0.2) is 0 Å². The van der Waals surface area contributed by atoms with Crippen molar-refractivity contribution in [1.29, 1.82) is 0 Å². The van der Waals surface area contributed by atoms with Crippen molar-refractivity contribution in [3.63, 3.8) is 0 Å². The molecule has 2 aliphatic rings. The van der Waals surface area contributed by atoms with E-state index in [9.17, 15) is 13.5 Å². The van der Waals surface area contributed by atoms with Gasteiger partial charge in [0, 0.05) is 26.1 Å². The first kappa shape index (κ1) is 14.2. The van der Waals surface area contributed by atoms with Crippen LogP contribution >= 0.6 is 0 Å². The molecule has 5 nitrogen and oxygen atoms in total. The van der Waals surface area contributed by atoms with Crippen molar-refractivity contribution in [3.8, 4) is 0 Å². The van der Waals surface area contributed by atoms with E-state index in [2.05, 4.69) is 0 Å². The van der Waals surface area contributed by atoms with Crippen molar-refractivity contribution in [2.24, 2.45) is 5.92 Å². The average molecular weight is 277 g/mol. The minimum Gasteiger partial charge on any atom is -0.387 e. The molecule has 18 heavy (non-hydrogen) atoms. The number of piperidine rings is 1. The summed E-state index contributed by atoms with van der Waals surface area (Å²) in [6.07, 6.45) is 4.27. The summed E-state index contributed by atoms with van der Waals surface area (Å²) in [7, 11) is -3.11. The van der Waals surface area contributed by atoms with Gasteiger partial charge in [-0.1, -0.05) is 0 Å². The Bertz CT molecular complexity index is 397. The quantitative estimate of drug-likeness (QED) is 0.820. The molecule has 0 radical (unpaired) electrons. The molecule has 0 aromatic heterocycles. The third-order valence-corrected chi connectivity index (χ3v) is 5.52. The van der Waals surface area contributed by atoms with Crippen LogP contribution < -0.4 is 0 Å². The smallest absolute Gasteiger partial charge is 0.211 e. The highest BCUT2D eigenvalue weighted by Gasteiger charge is 2.42. The van der Waals surface area contributed by atoms with Crippen LogP contribution in [0.2, 0.25) is 0 Å². The Morgan fingerprint density at radius 1 is 1.50 bits per heavy atom. The number of hydrogen-bond acceptors (Lipinski definition) is 4. The molecule has 0 aromatic rings. The molecule has 6 heteroatoms. The van der Waals surface area contributed by atoms with E-state index < -0.39 is 15.6 Å². The summed E-state index contributed by atoms with van der Waals surface area (Å²) in [5, 5.41) is 10.5. The summed E-state index contributed by atoms with van der Waals surface area (Å²) in [5.74, 6) is 0.239. The van der Waals surface area contributed by atoms with Crippen molar-refractivity contribution in [2.45, 2.75) is 44.3 Å². The molecule has 2 fully saturated rings. The van der Waals surface area contributed by atoms with Gasteiger partial charge < -0.3 is 9.84 Å². The minimum absolute atomic E-state index is 0.147. The highest BCUT2D eigenvalue weighted by Crippen LogP contribution is 2.35. The number of rotatable bonds is 3. The van der Waals surface area contributed by atoms with Gasteiger partial charge in [-0.05, 0) is 32.1 Å². The fourth-order valence-electron chi connectivity index (χ4n) is 3.03. The number of nitrogens with zero attached hydrogens (tertiary/aromatic N) is 1. The molecule has 0 bridgehead atoms. The van der Waals surface area contributed by atoms with Crippen LogP contribution in [0.3, 0.4) is 0 Å². The van der Waals surface area contributed by atoms with Gasteiger partial charge in [-0.3, -0.25) is 0 Å². The van der Waals surface area contributed by atoms with E-state index in [0.717, 1.165) is 12.8 Å². The maximum absolute atomic E-state index is 11.6. The summed E-state index contributed by atoms with van der Waals surface area (Å²) in [6, 6.07) is 0. The molecule has 0 saturated carbocycles. The first-order valence-corrected chi connectivity index (χ1v) is 8.45. The predicted octanol–water partition coefficient (Wildman–Crippen LogP) is 0.588. The Morgan fingerprint density at radius 2 is 2.22 bits per heavy atom. The van der Waals surface area contributed by atoms with Crippen molar-refractivity contribution in [3.05, 3.63) is 0 Å². The molecule has 3 atom stereocenters. The van der Waals surface area contributed by atoms with Crippen LogP contribution in [0.15, 0.2) is 0 Å². The Kier molecular flexibility index (Phi) is 4.02. The van der Waals surface area contributed by atoms with Crippen LogP contribution in [0.25, 0.3) is 0 Å². The van der Waals surface area contributed by atoms with E-state index in [0.29, 0.717) is 32.5 Å². The van der Waals surface area contributed by atoms with Gasteiger partial charge in [-0.2, -0.15) is 0 Å². The molecule has 2 rings (SSSR count). The first-order chi connectivity index (χ1) is 8.31. The van der Waals surface area contributed by atoms with Crippen LogP contribution in [-0.4, -0.2) is 55.5 Å². The van der Waals surface area contributed by atoms with E-state index in [1.807, 2.05) is 6.92 Å². The van der Waals surface area contributed by atoms with E-state index in [1.54, 1.807) is 0 Å². The van der Waals surface area contributed by atoms with E-state index in [1.165, 1.54) is 10.6 Å². The fourth-order valence-corrected chi connectivity index (χ4v) is 3.98. The number of ether oxygens (including phenoxy) is 1. The third-order valence-electron chi connectivity index (χ3n) is 4.25. The van der Waals surface area contributed by atoms with Crippen molar-refractivity contribution >= 4 is 10.0 Å². The summed E-state index contributed by atoms with van der Waals surface area (Å²) < 4.78 is 30.1. The van der Waals surface area contributed by atoms with Gasteiger partial charge in [-0.15, -0.1) is 0 Å². The zero-order valence-electron chi connectivity index (χ0n) is 11.1. The van der Waals surface area contributed by atoms with Crippen LogP contribution in [-0.2, 0) is 14.8 Å². The lowest BCUT2D eigenvalue weighted by Gasteiger charge is -2.36. The van der Waals surface area contributed by atoms with E-state index in [-0.39, 0.29) is 12.0 Å². The summed E-state index contributed by atoms with van der Waals surface area (Å²) in [4.78, 5) is 0. The molecule has 0 aliphatic carbocycles. The molecule has 2 heterocycles. The average Bonchev–Trinajstić information content (AvgIpc) is 2.58. The zero-order valence-corrected chi connectivity index (χ0v) is 11.9. The lowest BCUT2D eigenvalue weighted by atomic mass is 9.82. The molecule has 1 N–H and O–H groups in total. The zero-order chi connectivity index (χ0) is 13.4. The maximum atomic E-state index is 11.6. The Balaban J connectivity index is 1.98. The summed E-state index contributed by atoms with van der Waals surface area (Å²) in [6.45, 7) is 3.64. The topological polar surface area (TPSA) is 66.8 Å². The van der Waals surface area contributed by atoms with Crippen molar-refractivity contribution in [1.82, 2.24) is 4.31 Å². The first-order valence-electron chi connectivity index (χ1n) is 6.60. The lowest BCUT2D eigenvalue weighted by Crippen LogP contribution is -2.44. The molecule has 2 aliphatic heterocycles. The maximum Gasteiger partial charge on any atom is 0.211 e. The van der Waals surface area contributed by atoms with Crippen LogP contribution in [0.5, 0.6) is 0 Å². The molecule has 106 valence electrons. The molecule has 2 saturated heterocycles. The molecule has 0 aromatic carbocycles. The molecule has 0 spiro atoms. The van der Waals surface area contributed by atoms with E-state index in [4.69, 9.17) is 4.74 Å².